The summed E-state index contributed by atoms with van der Waals surface area (Å²) >= 11 is 0. The largest absolute Gasteiger partial charge is 0.481 e. The highest BCUT2D eigenvalue weighted by Gasteiger charge is 2.18. The lowest BCUT2D eigenvalue weighted by Crippen LogP contribution is -2.15. The van der Waals surface area contributed by atoms with Gasteiger partial charge in [0.05, 0.1) is 26.5 Å². The second-order valence-electron chi connectivity index (χ2n) is 4.14. The number of aromatic nitrogens is 4. The van der Waals surface area contributed by atoms with E-state index < -0.39 is 10.0 Å². The van der Waals surface area contributed by atoms with E-state index >= 15 is 0 Å². The number of aliphatic hydroxyl groups excluding tert-OH is 1. The highest BCUT2D eigenvalue weighted by molar-refractivity contribution is 7.92. The van der Waals surface area contributed by atoms with Gasteiger partial charge in [0, 0.05) is 18.0 Å². The summed E-state index contributed by atoms with van der Waals surface area (Å²) in [6.07, 6.45) is 2.50. The summed E-state index contributed by atoms with van der Waals surface area (Å²) < 4.78 is 32.9. The van der Waals surface area contributed by atoms with Crippen molar-refractivity contribution < 1.29 is 18.3 Å². The molecule has 0 atom stereocenters. The van der Waals surface area contributed by atoms with Crippen LogP contribution < -0.4 is 9.46 Å². The van der Waals surface area contributed by atoms with Crippen LogP contribution in [0.3, 0.4) is 0 Å². The summed E-state index contributed by atoms with van der Waals surface area (Å²) in [5.74, 6) is 0.179. The van der Waals surface area contributed by atoms with Crippen LogP contribution in [0.25, 0.3) is 0 Å². The molecule has 0 unspecified atom stereocenters. The molecule has 0 radical (unpaired) electrons. The van der Waals surface area contributed by atoms with Gasteiger partial charge in [0.1, 0.15) is 4.90 Å². The van der Waals surface area contributed by atoms with Crippen LogP contribution in [0.5, 0.6) is 5.88 Å². The molecule has 0 saturated heterocycles. The number of sulfonamides is 1. The maximum Gasteiger partial charge on any atom is 0.267 e. The monoisotopic (exact) mass is 313 g/mol. The van der Waals surface area contributed by atoms with Crippen LogP contribution in [0.2, 0.25) is 0 Å². The van der Waals surface area contributed by atoms with Crippen LogP contribution in [-0.4, -0.2) is 47.0 Å². The molecule has 2 rings (SSSR count). The Morgan fingerprint density at radius 1 is 1.43 bits per heavy atom. The molecule has 10 heteroatoms. The number of hydrogen-bond acceptors (Lipinski definition) is 7. The number of anilines is 1. The number of nitrogens with one attached hydrogen (secondary N) is 1. The van der Waals surface area contributed by atoms with Gasteiger partial charge < -0.3 is 9.84 Å². The fourth-order valence-electron chi connectivity index (χ4n) is 1.58. The molecule has 0 bridgehead atoms. The Bertz CT molecular complexity index is 728. The van der Waals surface area contributed by atoms with Crippen molar-refractivity contribution in [2.24, 2.45) is 0 Å². The van der Waals surface area contributed by atoms with Gasteiger partial charge in [-0.1, -0.05) is 0 Å². The second-order valence-corrected chi connectivity index (χ2v) is 5.83. The predicted molar refractivity (Wildman–Crippen MR) is 73.4 cm³/mol. The molecule has 2 N–H and O–H groups in total. The first-order valence-electron chi connectivity index (χ1n) is 6.00. The van der Waals surface area contributed by atoms with Crippen LogP contribution in [0.15, 0.2) is 23.4 Å². The van der Waals surface area contributed by atoms with Crippen LogP contribution in [0.4, 0.5) is 5.95 Å². The summed E-state index contributed by atoms with van der Waals surface area (Å²) in [6, 6.07) is 1.58. The number of ether oxygens (including phenoxy) is 1. The Hall–Kier alpha value is -2.20. The third-order valence-electron chi connectivity index (χ3n) is 2.51. The topological polar surface area (TPSA) is 119 Å². The smallest absolute Gasteiger partial charge is 0.267 e. The van der Waals surface area contributed by atoms with Crippen molar-refractivity contribution in [1.82, 2.24) is 19.7 Å². The van der Waals surface area contributed by atoms with E-state index in [1.54, 1.807) is 13.0 Å². The Morgan fingerprint density at radius 3 is 2.86 bits per heavy atom. The molecular weight excluding hydrogens is 298 g/mol. The summed E-state index contributed by atoms with van der Waals surface area (Å²) in [6.45, 7) is 1.78. The predicted octanol–water partition coefficient (Wildman–Crippen LogP) is -0.217. The van der Waals surface area contributed by atoms with Gasteiger partial charge in [-0.25, -0.2) is 18.1 Å². The van der Waals surface area contributed by atoms with Crippen molar-refractivity contribution in [3.8, 4) is 5.88 Å². The molecule has 0 fully saturated rings. The van der Waals surface area contributed by atoms with E-state index in [4.69, 9.17) is 9.84 Å². The average molecular weight is 313 g/mol. The number of hydrogen-bond donors (Lipinski definition) is 2. The van der Waals surface area contributed by atoms with Gasteiger partial charge in [0.25, 0.3) is 10.0 Å². The fraction of sp³-hybridized carbons (Fsp3) is 0.364. The van der Waals surface area contributed by atoms with Crippen molar-refractivity contribution in [3.63, 3.8) is 0 Å². The van der Waals surface area contributed by atoms with E-state index in [1.165, 1.54) is 24.2 Å². The van der Waals surface area contributed by atoms with E-state index in [-0.39, 0.29) is 29.9 Å². The van der Waals surface area contributed by atoms with E-state index in [9.17, 15) is 8.42 Å². The van der Waals surface area contributed by atoms with Crippen LogP contribution in [0.1, 0.15) is 5.69 Å². The zero-order chi connectivity index (χ0) is 15.5. The Balaban J connectivity index is 2.26. The van der Waals surface area contributed by atoms with E-state index in [0.717, 1.165) is 0 Å². The maximum atomic E-state index is 12.2. The Labute approximate surface area is 121 Å². The minimum absolute atomic E-state index is 0.0416. The highest BCUT2D eigenvalue weighted by Crippen LogP contribution is 2.15. The molecule has 0 aromatic carbocycles. The van der Waals surface area contributed by atoms with Gasteiger partial charge in [-0.2, -0.15) is 10.1 Å². The molecule has 0 aliphatic carbocycles. The molecule has 2 heterocycles. The number of aliphatic hydroxyl groups is 1. The van der Waals surface area contributed by atoms with Crippen molar-refractivity contribution in [2.45, 2.75) is 18.4 Å². The maximum absolute atomic E-state index is 12.2. The first-order chi connectivity index (χ1) is 9.94. The van der Waals surface area contributed by atoms with Gasteiger partial charge >= 0.3 is 0 Å². The molecule has 9 nitrogen and oxygen atoms in total. The van der Waals surface area contributed by atoms with Gasteiger partial charge in [-0.3, -0.25) is 4.68 Å². The lowest BCUT2D eigenvalue weighted by molar-refractivity contribution is 0.269. The number of aryl methyl sites for hydroxylation is 1. The molecule has 114 valence electrons. The van der Waals surface area contributed by atoms with Gasteiger partial charge in [-0.05, 0) is 6.92 Å². The summed E-state index contributed by atoms with van der Waals surface area (Å²) in [5, 5.41) is 12.6. The minimum atomic E-state index is -3.85. The quantitative estimate of drug-likeness (QED) is 0.756. The van der Waals surface area contributed by atoms with Crippen LogP contribution in [-0.2, 0) is 16.6 Å². The number of nitrogens with zero attached hydrogens (tertiary/aromatic N) is 4. The normalized spacial score (nSPS) is 11.4. The van der Waals surface area contributed by atoms with Crippen LogP contribution in [0, 0.1) is 6.92 Å². The average Bonchev–Trinajstić information content (AvgIpc) is 2.87. The lowest BCUT2D eigenvalue weighted by Gasteiger charge is -2.07. The molecule has 21 heavy (non-hydrogen) atoms. The second kappa shape index (κ2) is 6.06. The molecular formula is C11H15N5O4S. The molecule has 0 amide bonds. The zero-order valence-electron chi connectivity index (χ0n) is 11.5. The molecule has 0 aliphatic heterocycles. The van der Waals surface area contributed by atoms with Crippen molar-refractivity contribution in [3.05, 3.63) is 24.2 Å². The van der Waals surface area contributed by atoms with E-state index in [0.29, 0.717) is 5.69 Å². The van der Waals surface area contributed by atoms with Crippen molar-refractivity contribution in [2.75, 3.05) is 18.4 Å². The molecule has 0 spiro atoms. The van der Waals surface area contributed by atoms with Crippen LogP contribution >= 0.6 is 0 Å². The molecule has 2 aromatic heterocycles. The standard InChI is InChI=1S/C11H15N5O4S/c1-8-5-10(20-2)14-11(13-8)15-21(18,19)9-6-12-16(7-9)3-4-17/h5-7,17H,3-4H2,1-2H3,(H,13,14,15). The summed E-state index contributed by atoms with van der Waals surface area (Å²) in [4.78, 5) is 7.86. The van der Waals surface area contributed by atoms with Gasteiger partial charge in [0.15, 0.2) is 0 Å². The van der Waals surface area contributed by atoms with Crippen molar-refractivity contribution in [1.29, 1.82) is 0 Å². The third kappa shape index (κ3) is 3.67. The Morgan fingerprint density at radius 2 is 2.19 bits per heavy atom. The molecule has 0 saturated carbocycles. The first kappa shape index (κ1) is 15.2. The molecule has 0 aliphatic rings. The zero-order valence-corrected chi connectivity index (χ0v) is 12.3. The van der Waals surface area contributed by atoms with Gasteiger partial charge in [-0.15, -0.1) is 0 Å². The number of rotatable bonds is 6. The molecule has 2 aromatic rings. The SMILES string of the molecule is COc1cc(C)nc(NS(=O)(=O)c2cnn(CCO)c2)n1. The van der Waals surface area contributed by atoms with Crippen molar-refractivity contribution >= 4 is 16.0 Å². The van der Waals surface area contributed by atoms with E-state index in [2.05, 4.69) is 19.8 Å². The highest BCUT2D eigenvalue weighted by atomic mass is 32.2. The number of methoxy groups -OCH3 is 1. The Kier molecular flexibility index (Phi) is 4.38. The van der Waals surface area contributed by atoms with Gasteiger partial charge in [0.2, 0.25) is 11.8 Å². The summed E-state index contributed by atoms with van der Waals surface area (Å²) in [7, 11) is -2.42. The fourth-order valence-corrected chi connectivity index (χ4v) is 2.47. The minimum Gasteiger partial charge on any atom is -0.481 e. The van der Waals surface area contributed by atoms with E-state index in [1.807, 2.05) is 0 Å². The summed E-state index contributed by atoms with van der Waals surface area (Å²) in [5.41, 5.74) is 0.565. The third-order valence-corrected chi connectivity index (χ3v) is 3.80. The first-order valence-corrected chi connectivity index (χ1v) is 7.49. The lowest BCUT2D eigenvalue weighted by atomic mass is 10.4.